The normalized spacial score (nSPS) is 8.11. The van der Waals surface area contributed by atoms with Gasteiger partial charge in [0.1, 0.15) is 0 Å². The van der Waals surface area contributed by atoms with Crippen molar-refractivity contribution in [2.45, 2.75) is 0 Å². The van der Waals surface area contributed by atoms with Crippen molar-refractivity contribution in [1.29, 1.82) is 0 Å². The van der Waals surface area contributed by atoms with E-state index in [2.05, 4.69) is 11.3 Å². The molecular weight excluding hydrogens is 286 g/mol. The molecule has 0 bridgehead atoms. The first kappa shape index (κ1) is 8.57. The second-order valence-electron chi connectivity index (χ2n) is 1.41. The Morgan fingerprint density at radius 1 is 1.89 bits per heavy atom. The standard InChI is InChI=1S/C5H6N3.W/c1-3-8-5-6-4-7(8)2;/h1,3-4H,2H3;/q-1;+2. The van der Waals surface area contributed by atoms with Crippen LogP contribution >= 0.6 is 0 Å². The van der Waals surface area contributed by atoms with Gasteiger partial charge in [0.2, 0.25) is 6.33 Å². The quantitative estimate of drug-likeness (QED) is 0.501. The maximum absolute atomic E-state index is 5.14. The van der Waals surface area contributed by atoms with Crippen LogP contribution in [0.25, 0.3) is 6.20 Å². The van der Waals surface area contributed by atoms with Crippen molar-refractivity contribution < 1.29 is 25.7 Å². The van der Waals surface area contributed by atoms with Crippen LogP contribution in [0, 0.1) is 12.9 Å². The Hall–Kier alpha value is -0.432. The van der Waals surface area contributed by atoms with E-state index in [9.17, 15) is 0 Å². The Morgan fingerprint density at radius 3 is 2.78 bits per heavy atom. The Bertz CT molecular complexity index is 194. The van der Waals surface area contributed by atoms with Gasteiger partial charge in [0, 0.05) is 0 Å². The smallest absolute Gasteiger partial charge is 0.564 e. The SMILES string of the molecule is [CH-]=Cn1[c-]nc[n+]1C.[W+2]. The summed E-state index contributed by atoms with van der Waals surface area (Å²) in [6.45, 7) is 5.14. The minimum Gasteiger partial charge on any atom is -0.564 e. The van der Waals surface area contributed by atoms with Crippen LogP contribution in [0.3, 0.4) is 0 Å². The van der Waals surface area contributed by atoms with E-state index in [1.165, 1.54) is 6.20 Å². The molecule has 0 saturated carbocycles. The predicted octanol–water partition coefficient (Wildman–Crippen LogP) is -0.591. The average Bonchev–Trinajstić information content (AvgIpc) is 2.14. The van der Waals surface area contributed by atoms with Crippen LogP contribution in [0.2, 0.25) is 0 Å². The molecule has 0 radical (unpaired) electrons. The second kappa shape index (κ2) is 3.57. The Labute approximate surface area is 68.3 Å². The summed E-state index contributed by atoms with van der Waals surface area (Å²) in [5, 5.41) is 0. The fourth-order valence-electron chi connectivity index (χ4n) is 0.433. The molecule has 9 heavy (non-hydrogen) atoms. The molecule has 46 valence electrons. The molecule has 1 aromatic heterocycles. The molecule has 0 N–H and O–H groups in total. The van der Waals surface area contributed by atoms with E-state index < -0.39 is 0 Å². The number of nitrogens with zero attached hydrogens (tertiary/aromatic N) is 3. The molecule has 0 unspecified atom stereocenters. The molecule has 4 heteroatoms. The summed E-state index contributed by atoms with van der Waals surface area (Å²) in [6.07, 6.45) is 5.60. The van der Waals surface area contributed by atoms with Crippen LogP contribution in [-0.2, 0) is 28.1 Å². The number of hydrogen-bond acceptors (Lipinski definition) is 1. The van der Waals surface area contributed by atoms with E-state index in [4.69, 9.17) is 6.58 Å². The zero-order valence-corrected chi connectivity index (χ0v) is 7.92. The van der Waals surface area contributed by atoms with Gasteiger partial charge >= 0.3 is 21.1 Å². The van der Waals surface area contributed by atoms with Crippen LogP contribution in [-0.4, -0.2) is 9.67 Å². The van der Waals surface area contributed by atoms with Gasteiger partial charge in [-0.1, -0.05) is 0 Å². The zero-order chi connectivity index (χ0) is 5.98. The number of aryl methyl sites for hydroxylation is 1. The summed E-state index contributed by atoms with van der Waals surface area (Å²) in [7, 11) is 1.83. The van der Waals surface area contributed by atoms with E-state index in [1.807, 2.05) is 7.05 Å². The fraction of sp³-hybridized carbons (Fsp3) is 0.200. The largest absolute Gasteiger partial charge is 2.00 e. The second-order valence-corrected chi connectivity index (χ2v) is 1.41. The van der Waals surface area contributed by atoms with Gasteiger partial charge in [0.15, 0.2) is 6.33 Å². The van der Waals surface area contributed by atoms with E-state index in [1.54, 1.807) is 15.7 Å². The molecule has 0 atom stereocenters. The summed E-state index contributed by atoms with van der Waals surface area (Å²) in [4.78, 5) is 3.68. The molecule has 3 nitrogen and oxygen atoms in total. The average molecular weight is 292 g/mol. The number of rotatable bonds is 1. The van der Waals surface area contributed by atoms with Gasteiger partial charge in [-0.05, 0) is 0 Å². The topological polar surface area (TPSA) is 21.7 Å². The molecule has 0 aliphatic rings. The zero-order valence-electron chi connectivity index (χ0n) is 4.98. The van der Waals surface area contributed by atoms with Crippen molar-refractivity contribution in [3.05, 3.63) is 19.2 Å². The first-order chi connectivity index (χ1) is 3.84. The van der Waals surface area contributed by atoms with Crippen LogP contribution in [0.1, 0.15) is 0 Å². The van der Waals surface area contributed by atoms with Gasteiger partial charge in [0.05, 0.1) is 7.05 Å². The van der Waals surface area contributed by atoms with Gasteiger partial charge in [0.25, 0.3) is 0 Å². The van der Waals surface area contributed by atoms with E-state index in [0.717, 1.165) is 0 Å². The maximum Gasteiger partial charge on any atom is 2.00 e. The van der Waals surface area contributed by atoms with Crippen LogP contribution in [0.5, 0.6) is 0 Å². The maximum atomic E-state index is 5.14. The van der Waals surface area contributed by atoms with Gasteiger partial charge < -0.3 is 11.3 Å². The molecule has 0 saturated heterocycles. The van der Waals surface area contributed by atoms with E-state index in [0.29, 0.717) is 0 Å². The molecule has 1 heterocycles. The molecule has 1 rings (SSSR count). The summed E-state index contributed by atoms with van der Waals surface area (Å²) in [5.41, 5.74) is 0. The molecule has 0 aliphatic heterocycles. The third kappa shape index (κ3) is 1.75. The monoisotopic (exact) mass is 292 g/mol. The Morgan fingerprint density at radius 2 is 2.56 bits per heavy atom. The van der Waals surface area contributed by atoms with Gasteiger partial charge in [-0.25, -0.2) is 10.9 Å². The minimum atomic E-state index is 0. The first-order valence-corrected chi connectivity index (χ1v) is 2.20. The van der Waals surface area contributed by atoms with Gasteiger partial charge in [-0.15, -0.1) is 0 Å². The molecule has 0 aliphatic carbocycles. The van der Waals surface area contributed by atoms with Crippen molar-refractivity contribution in [3.63, 3.8) is 0 Å². The summed E-state index contributed by atoms with van der Waals surface area (Å²) in [5.74, 6) is 0. The minimum absolute atomic E-state index is 0. The molecule has 0 aromatic carbocycles. The van der Waals surface area contributed by atoms with Crippen molar-refractivity contribution in [2.75, 3.05) is 0 Å². The Kier molecular flexibility index (Phi) is 3.40. The van der Waals surface area contributed by atoms with Crippen LogP contribution in [0.4, 0.5) is 0 Å². The predicted molar refractivity (Wildman–Crippen MR) is 27.3 cm³/mol. The van der Waals surface area contributed by atoms with Crippen molar-refractivity contribution >= 4 is 6.20 Å². The molecule has 0 amide bonds. The summed E-state index contributed by atoms with van der Waals surface area (Å²) in [6, 6.07) is 0. The van der Waals surface area contributed by atoms with Gasteiger partial charge in [-0.2, -0.15) is 4.98 Å². The van der Waals surface area contributed by atoms with Crippen molar-refractivity contribution in [3.8, 4) is 0 Å². The summed E-state index contributed by atoms with van der Waals surface area (Å²) < 4.78 is 3.25. The fourth-order valence-corrected chi connectivity index (χ4v) is 0.433. The number of hydrogen-bond donors (Lipinski definition) is 0. The van der Waals surface area contributed by atoms with E-state index >= 15 is 0 Å². The van der Waals surface area contributed by atoms with Crippen molar-refractivity contribution in [1.82, 2.24) is 9.67 Å². The molecule has 1 aromatic rings. The van der Waals surface area contributed by atoms with Gasteiger partial charge in [-0.3, -0.25) is 0 Å². The van der Waals surface area contributed by atoms with E-state index in [-0.39, 0.29) is 21.1 Å². The third-order valence-electron chi connectivity index (χ3n) is 0.866. The van der Waals surface area contributed by atoms with Crippen LogP contribution < -0.4 is 4.68 Å². The molecular formula is C5H6N3W+. The first-order valence-electron chi connectivity index (χ1n) is 2.20. The van der Waals surface area contributed by atoms with Crippen LogP contribution in [0.15, 0.2) is 6.33 Å². The number of aromatic nitrogens is 3. The summed E-state index contributed by atoms with van der Waals surface area (Å²) >= 11 is 0. The van der Waals surface area contributed by atoms with Crippen molar-refractivity contribution in [2.24, 2.45) is 7.05 Å². The molecule has 0 fully saturated rings. The molecule has 0 spiro atoms. The third-order valence-corrected chi connectivity index (χ3v) is 0.866. The Balaban J connectivity index is 0.000000640.